The van der Waals surface area contributed by atoms with Gasteiger partial charge in [0, 0.05) is 12.5 Å². The number of benzene rings is 2. The molecule has 0 aliphatic heterocycles. The number of hydrogen-bond donors (Lipinski definition) is 3. The van der Waals surface area contributed by atoms with E-state index in [1.807, 2.05) is 48.5 Å². The van der Waals surface area contributed by atoms with Crippen molar-refractivity contribution >= 4 is 11.8 Å². The molecule has 2 rings (SSSR count). The number of nitrogen functional groups attached to an aromatic ring is 1. The van der Waals surface area contributed by atoms with Gasteiger partial charge in [-0.1, -0.05) is 36.4 Å². The summed E-state index contributed by atoms with van der Waals surface area (Å²) in [6.45, 7) is 2.17. The normalized spacial score (nSPS) is 9.58. The van der Waals surface area contributed by atoms with Crippen molar-refractivity contribution in [3.63, 3.8) is 0 Å². The Hall–Kier alpha value is -2.86. The molecule has 0 heterocycles. The molecule has 0 fully saturated rings. The molecule has 0 spiro atoms. The molecule has 0 amide bonds. The highest BCUT2D eigenvalue weighted by Crippen LogP contribution is 2.13. The number of carbonyl (C=O) groups is 1. The van der Waals surface area contributed by atoms with Crippen LogP contribution in [0, 0.1) is 5.41 Å². The Labute approximate surface area is 141 Å². The molecule has 0 aliphatic rings. The Bertz CT molecular complexity index is 648. The lowest BCUT2D eigenvalue weighted by Crippen LogP contribution is -2.10. The summed E-state index contributed by atoms with van der Waals surface area (Å²) in [5.74, 6) is 0.0873. The fraction of sp³-hybridized carbons (Fsp3) is 0.222. The first-order chi connectivity index (χ1) is 11.4. The molecule has 0 unspecified atom stereocenters. The van der Waals surface area contributed by atoms with Crippen molar-refractivity contribution < 1.29 is 19.4 Å². The van der Waals surface area contributed by atoms with Crippen LogP contribution in [0.25, 0.3) is 0 Å². The first-order valence-electron chi connectivity index (χ1n) is 7.26. The summed E-state index contributed by atoms with van der Waals surface area (Å²) in [7, 11) is 1.65. The quantitative estimate of drug-likeness (QED) is 0.558. The highest BCUT2D eigenvalue weighted by Gasteiger charge is 1.99. The van der Waals surface area contributed by atoms with Gasteiger partial charge in [0.2, 0.25) is 0 Å². The number of ether oxygens (including phenoxy) is 2. The number of amidine groups is 1. The Balaban J connectivity index is 0.000000648. The molecular formula is C18H22N2O4. The lowest BCUT2D eigenvalue weighted by molar-refractivity contribution is -0.134. The molecule has 2 aromatic rings. The van der Waals surface area contributed by atoms with Gasteiger partial charge in [0.15, 0.2) is 0 Å². The van der Waals surface area contributed by atoms with E-state index in [1.165, 1.54) is 0 Å². The van der Waals surface area contributed by atoms with Gasteiger partial charge < -0.3 is 20.3 Å². The van der Waals surface area contributed by atoms with Crippen LogP contribution in [-0.4, -0.2) is 24.0 Å². The van der Waals surface area contributed by atoms with Crippen LogP contribution in [0.2, 0.25) is 0 Å². The topological polar surface area (TPSA) is 106 Å². The summed E-state index contributed by atoms with van der Waals surface area (Å²) >= 11 is 0. The Kier molecular flexibility index (Phi) is 8.01. The third-order valence-electron chi connectivity index (χ3n) is 2.96. The second-order valence-electron chi connectivity index (χ2n) is 4.97. The Morgan fingerprint density at radius 2 is 1.46 bits per heavy atom. The molecule has 0 bridgehead atoms. The Morgan fingerprint density at radius 3 is 1.83 bits per heavy atom. The molecule has 6 nitrogen and oxygen atoms in total. The number of carboxylic acid groups (broad SMARTS) is 1. The number of carboxylic acids is 1. The number of nitrogens with two attached hydrogens (primary N) is 1. The molecule has 24 heavy (non-hydrogen) atoms. The number of rotatable bonds is 6. The second kappa shape index (κ2) is 10.0. The maximum Gasteiger partial charge on any atom is 0.300 e. The van der Waals surface area contributed by atoms with Gasteiger partial charge in [-0.3, -0.25) is 10.2 Å². The summed E-state index contributed by atoms with van der Waals surface area (Å²) in [5.41, 5.74) is 8.29. The highest BCUT2D eigenvalue weighted by molar-refractivity contribution is 5.94. The zero-order valence-electron chi connectivity index (χ0n) is 13.8. The van der Waals surface area contributed by atoms with Crippen molar-refractivity contribution in [2.75, 3.05) is 7.11 Å². The van der Waals surface area contributed by atoms with E-state index in [0.29, 0.717) is 13.2 Å². The van der Waals surface area contributed by atoms with E-state index < -0.39 is 5.97 Å². The van der Waals surface area contributed by atoms with E-state index in [2.05, 4.69) is 0 Å². The average Bonchev–Trinajstić information content (AvgIpc) is 2.55. The predicted octanol–water partition coefficient (Wildman–Crippen LogP) is 2.79. The molecule has 0 aliphatic carbocycles. The van der Waals surface area contributed by atoms with Gasteiger partial charge in [0.1, 0.15) is 11.6 Å². The van der Waals surface area contributed by atoms with Gasteiger partial charge in [-0.25, -0.2) is 0 Å². The van der Waals surface area contributed by atoms with Crippen LogP contribution in [0.15, 0.2) is 48.5 Å². The summed E-state index contributed by atoms with van der Waals surface area (Å²) in [4.78, 5) is 9.00. The minimum Gasteiger partial charge on any atom is -0.497 e. The van der Waals surface area contributed by atoms with Gasteiger partial charge in [0.25, 0.3) is 5.97 Å². The van der Waals surface area contributed by atoms with Crippen molar-refractivity contribution in [2.45, 2.75) is 20.1 Å². The highest BCUT2D eigenvalue weighted by atomic mass is 16.5. The van der Waals surface area contributed by atoms with E-state index in [4.69, 9.17) is 30.5 Å². The third-order valence-corrected chi connectivity index (χ3v) is 2.96. The van der Waals surface area contributed by atoms with Crippen LogP contribution >= 0.6 is 0 Å². The van der Waals surface area contributed by atoms with Crippen LogP contribution in [0.3, 0.4) is 0 Å². The minimum absolute atomic E-state index is 0.0794. The number of nitrogens with one attached hydrogen (secondary N) is 1. The molecule has 0 radical (unpaired) electrons. The smallest absolute Gasteiger partial charge is 0.300 e. The van der Waals surface area contributed by atoms with Crippen LogP contribution in [-0.2, 0) is 22.7 Å². The van der Waals surface area contributed by atoms with Crippen LogP contribution in [0.5, 0.6) is 5.75 Å². The lowest BCUT2D eigenvalue weighted by atomic mass is 10.1. The maximum atomic E-state index is 9.00. The fourth-order valence-electron chi connectivity index (χ4n) is 1.79. The van der Waals surface area contributed by atoms with Crippen molar-refractivity contribution in [1.29, 1.82) is 5.41 Å². The van der Waals surface area contributed by atoms with E-state index in [1.54, 1.807) is 7.11 Å². The predicted molar refractivity (Wildman–Crippen MR) is 92.3 cm³/mol. The SMILES string of the molecule is CC(=O)O.COc1ccc(COCc2ccc(C(=N)N)cc2)cc1. The monoisotopic (exact) mass is 330 g/mol. The minimum atomic E-state index is -0.833. The summed E-state index contributed by atoms with van der Waals surface area (Å²) < 4.78 is 10.8. The van der Waals surface area contributed by atoms with Gasteiger partial charge in [-0.2, -0.15) is 0 Å². The molecule has 0 atom stereocenters. The van der Waals surface area contributed by atoms with E-state index in [-0.39, 0.29) is 5.84 Å². The molecule has 0 saturated heterocycles. The number of aliphatic carboxylic acids is 1. The number of methoxy groups -OCH3 is 1. The van der Waals surface area contributed by atoms with Crippen LogP contribution in [0.4, 0.5) is 0 Å². The molecule has 6 heteroatoms. The molecule has 0 saturated carbocycles. The van der Waals surface area contributed by atoms with E-state index in [0.717, 1.165) is 29.4 Å². The van der Waals surface area contributed by atoms with Gasteiger partial charge in [-0.05, 0) is 23.3 Å². The first-order valence-corrected chi connectivity index (χ1v) is 7.26. The largest absolute Gasteiger partial charge is 0.497 e. The Morgan fingerprint density at radius 1 is 1.04 bits per heavy atom. The average molecular weight is 330 g/mol. The van der Waals surface area contributed by atoms with Gasteiger partial charge in [0.05, 0.1) is 20.3 Å². The summed E-state index contributed by atoms with van der Waals surface area (Å²) in [6, 6.07) is 15.3. The second-order valence-corrected chi connectivity index (χ2v) is 4.97. The van der Waals surface area contributed by atoms with Gasteiger partial charge >= 0.3 is 0 Å². The molecular weight excluding hydrogens is 308 g/mol. The molecule has 2 aromatic carbocycles. The zero-order chi connectivity index (χ0) is 17.9. The lowest BCUT2D eigenvalue weighted by Gasteiger charge is -2.06. The van der Waals surface area contributed by atoms with E-state index >= 15 is 0 Å². The van der Waals surface area contributed by atoms with Crippen molar-refractivity contribution in [3.05, 3.63) is 65.2 Å². The molecule has 0 aromatic heterocycles. The standard InChI is InChI=1S/C16H18N2O2.C2H4O2/c1-19-15-8-4-13(5-9-15)11-20-10-12-2-6-14(7-3-12)16(17)18;1-2(3)4/h2-9H,10-11H2,1H3,(H3,17,18);1H3,(H,3,4). The van der Waals surface area contributed by atoms with Crippen LogP contribution in [0.1, 0.15) is 23.6 Å². The zero-order valence-corrected chi connectivity index (χ0v) is 13.8. The fourth-order valence-corrected chi connectivity index (χ4v) is 1.79. The van der Waals surface area contributed by atoms with Crippen LogP contribution < -0.4 is 10.5 Å². The summed E-state index contributed by atoms with van der Waals surface area (Å²) in [6.07, 6.45) is 0. The maximum absolute atomic E-state index is 9.00. The summed E-state index contributed by atoms with van der Waals surface area (Å²) in [5, 5.41) is 14.7. The number of hydrogen-bond acceptors (Lipinski definition) is 4. The molecule has 128 valence electrons. The van der Waals surface area contributed by atoms with Gasteiger partial charge in [-0.15, -0.1) is 0 Å². The third kappa shape index (κ3) is 7.42. The van der Waals surface area contributed by atoms with Crippen molar-refractivity contribution in [3.8, 4) is 5.75 Å². The van der Waals surface area contributed by atoms with Crippen molar-refractivity contribution in [1.82, 2.24) is 0 Å². The first kappa shape index (κ1) is 19.2. The molecule has 4 N–H and O–H groups in total. The van der Waals surface area contributed by atoms with E-state index in [9.17, 15) is 0 Å². The van der Waals surface area contributed by atoms with Crippen molar-refractivity contribution in [2.24, 2.45) is 5.73 Å².